The van der Waals surface area contributed by atoms with Gasteiger partial charge in [-0.3, -0.25) is 14.5 Å². The molecular formula is C21H24N6O. The average Bonchev–Trinajstić information content (AvgIpc) is 3.26. The van der Waals surface area contributed by atoms with Crippen LogP contribution >= 0.6 is 0 Å². The molecule has 1 aliphatic rings. The molecule has 3 aromatic rings. The quantitative estimate of drug-likeness (QED) is 0.716. The van der Waals surface area contributed by atoms with Crippen molar-refractivity contribution in [2.24, 2.45) is 5.92 Å². The topological polar surface area (TPSA) is 75.9 Å². The van der Waals surface area contributed by atoms with Crippen LogP contribution in [0, 0.1) is 5.92 Å². The Labute approximate surface area is 164 Å². The summed E-state index contributed by atoms with van der Waals surface area (Å²) in [7, 11) is 0. The molecule has 1 amide bonds. The van der Waals surface area contributed by atoms with Crippen LogP contribution in [-0.2, 0) is 13.1 Å². The lowest BCUT2D eigenvalue weighted by Gasteiger charge is -2.32. The second-order valence-electron chi connectivity index (χ2n) is 7.11. The molecule has 0 spiro atoms. The highest BCUT2D eigenvalue weighted by Crippen LogP contribution is 2.20. The maximum Gasteiger partial charge on any atom is 0.255 e. The molecule has 0 bridgehead atoms. The number of nitrogens with zero attached hydrogens (tertiary/aromatic N) is 5. The molecule has 4 rings (SSSR count). The smallest absolute Gasteiger partial charge is 0.255 e. The van der Waals surface area contributed by atoms with Crippen molar-refractivity contribution in [3.8, 4) is 0 Å². The molecule has 1 saturated heterocycles. The number of carbonyl (C=O) groups excluding carboxylic acids is 1. The number of rotatable bonds is 6. The molecule has 7 nitrogen and oxygen atoms in total. The third-order valence-electron chi connectivity index (χ3n) is 5.11. The third-order valence-corrected chi connectivity index (χ3v) is 5.11. The van der Waals surface area contributed by atoms with Gasteiger partial charge in [-0.1, -0.05) is 6.07 Å². The zero-order chi connectivity index (χ0) is 19.2. The molecule has 1 aliphatic heterocycles. The number of nitrogens with one attached hydrogen (secondary N) is 1. The van der Waals surface area contributed by atoms with Gasteiger partial charge in [0.25, 0.3) is 5.91 Å². The van der Waals surface area contributed by atoms with Crippen LogP contribution in [0.25, 0.3) is 0 Å². The fourth-order valence-corrected chi connectivity index (χ4v) is 3.49. The lowest BCUT2D eigenvalue weighted by Crippen LogP contribution is -2.39. The monoisotopic (exact) mass is 376 g/mol. The van der Waals surface area contributed by atoms with E-state index in [0.29, 0.717) is 18.0 Å². The highest BCUT2D eigenvalue weighted by Gasteiger charge is 2.24. The maximum absolute atomic E-state index is 12.8. The molecule has 1 N–H and O–H groups in total. The van der Waals surface area contributed by atoms with E-state index in [1.807, 2.05) is 52.3 Å². The Hall–Kier alpha value is -3.22. The minimum Gasteiger partial charge on any atom is -0.366 e. The van der Waals surface area contributed by atoms with E-state index in [0.717, 1.165) is 43.9 Å². The predicted molar refractivity (Wildman–Crippen MR) is 107 cm³/mol. The first-order valence-corrected chi connectivity index (χ1v) is 9.63. The number of piperidine rings is 1. The van der Waals surface area contributed by atoms with E-state index in [4.69, 9.17) is 0 Å². The van der Waals surface area contributed by atoms with E-state index >= 15 is 0 Å². The molecule has 4 heterocycles. The number of amides is 1. The van der Waals surface area contributed by atoms with Crippen molar-refractivity contribution in [2.45, 2.75) is 25.9 Å². The van der Waals surface area contributed by atoms with Crippen LogP contribution in [0.1, 0.15) is 28.8 Å². The summed E-state index contributed by atoms with van der Waals surface area (Å²) >= 11 is 0. The Morgan fingerprint density at radius 2 is 2.00 bits per heavy atom. The van der Waals surface area contributed by atoms with E-state index in [-0.39, 0.29) is 5.91 Å². The Morgan fingerprint density at radius 3 is 2.68 bits per heavy atom. The van der Waals surface area contributed by atoms with Gasteiger partial charge in [-0.2, -0.15) is 5.10 Å². The number of anilines is 1. The van der Waals surface area contributed by atoms with Crippen molar-refractivity contribution in [3.05, 3.63) is 72.4 Å². The summed E-state index contributed by atoms with van der Waals surface area (Å²) in [6, 6.07) is 9.56. The molecule has 0 unspecified atom stereocenters. The van der Waals surface area contributed by atoms with Crippen LogP contribution in [0.15, 0.2) is 61.3 Å². The molecule has 7 heteroatoms. The normalized spacial score (nSPS) is 14.8. The number of hydrogen-bond donors (Lipinski definition) is 1. The zero-order valence-corrected chi connectivity index (χ0v) is 15.7. The molecule has 28 heavy (non-hydrogen) atoms. The maximum atomic E-state index is 12.8. The highest BCUT2D eigenvalue weighted by molar-refractivity contribution is 5.94. The van der Waals surface area contributed by atoms with Gasteiger partial charge in [-0.25, -0.2) is 4.98 Å². The van der Waals surface area contributed by atoms with E-state index in [9.17, 15) is 4.79 Å². The largest absolute Gasteiger partial charge is 0.366 e. The third kappa shape index (κ3) is 4.54. The molecular weight excluding hydrogens is 352 g/mol. The van der Waals surface area contributed by atoms with Gasteiger partial charge in [0.2, 0.25) is 0 Å². The van der Waals surface area contributed by atoms with Crippen LogP contribution in [0.2, 0.25) is 0 Å². The summed E-state index contributed by atoms with van der Waals surface area (Å²) in [6.45, 7) is 3.14. The van der Waals surface area contributed by atoms with Gasteiger partial charge in [-0.05, 0) is 48.6 Å². The summed E-state index contributed by atoms with van der Waals surface area (Å²) in [5.41, 5.74) is 1.72. The number of pyridine rings is 2. The van der Waals surface area contributed by atoms with Crippen LogP contribution in [0.5, 0.6) is 0 Å². The lowest BCUT2D eigenvalue weighted by atomic mass is 9.96. The van der Waals surface area contributed by atoms with Gasteiger partial charge in [0.05, 0.1) is 5.56 Å². The van der Waals surface area contributed by atoms with Gasteiger partial charge < -0.3 is 10.2 Å². The SMILES string of the molecule is O=C(c1ccc(NCc2cccnc2)nc1)N1CCC(Cn2cccn2)CC1. The standard InChI is InChI=1S/C21H24N6O/c28-21(26-11-6-17(7-12-26)16-27-10-2-9-25-27)19-4-5-20(24-15-19)23-14-18-3-1-8-22-13-18/h1-5,8-10,13,15,17H,6-7,11-12,14,16H2,(H,23,24). The Balaban J connectivity index is 1.28. The fraction of sp³-hybridized carbons (Fsp3) is 0.333. The Bertz CT molecular complexity index is 871. The van der Waals surface area contributed by atoms with Gasteiger partial charge in [-0.15, -0.1) is 0 Å². The molecule has 0 aliphatic carbocycles. The number of aromatic nitrogens is 4. The predicted octanol–water partition coefficient (Wildman–Crippen LogP) is 2.84. The zero-order valence-electron chi connectivity index (χ0n) is 15.7. The van der Waals surface area contributed by atoms with Crippen LogP contribution in [0.4, 0.5) is 5.82 Å². The van der Waals surface area contributed by atoms with Gasteiger partial charge in [0.1, 0.15) is 5.82 Å². The number of likely N-dealkylation sites (tertiary alicyclic amines) is 1. The van der Waals surface area contributed by atoms with E-state index in [2.05, 4.69) is 20.4 Å². The van der Waals surface area contributed by atoms with Crippen molar-refractivity contribution >= 4 is 11.7 Å². The number of hydrogen-bond acceptors (Lipinski definition) is 5. The molecule has 144 valence electrons. The van der Waals surface area contributed by atoms with Crippen LogP contribution < -0.4 is 5.32 Å². The average molecular weight is 376 g/mol. The second kappa shape index (κ2) is 8.65. The van der Waals surface area contributed by atoms with Gasteiger partial charge in [0, 0.05) is 57.2 Å². The molecule has 0 aromatic carbocycles. The summed E-state index contributed by atoms with van der Waals surface area (Å²) in [6.07, 6.45) is 11.0. The molecule has 3 aromatic heterocycles. The molecule has 1 fully saturated rings. The minimum absolute atomic E-state index is 0.0591. The van der Waals surface area contributed by atoms with Gasteiger partial charge in [0.15, 0.2) is 0 Å². The van der Waals surface area contributed by atoms with Crippen molar-refractivity contribution in [1.29, 1.82) is 0 Å². The molecule has 0 atom stereocenters. The van der Waals surface area contributed by atoms with Gasteiger partial charge >= 0.3 is 0 Å². The van der Waals surface area contributed by atoms with Crippen molar-refractivity contribution < 1.29 is 4.79 Å². The first-order valence-electron chi connectivity index (χ1n) is 9.63. The fourth-order valence-electron chi connectivity index (χ4n) is 3.49. The summed E-state index contributed by atoms with van der Waals surface area (Å²) in [5.74, 6) is 1.38. The number of carbonyl (C=O) groups is 1. The highest BCUT2D eigenvalue weighted by atomic mass is 16.2. The van der Waals surface area contributed by atoms with Crippen molar-refractivity contribution in [2.75, 3.05) is 18.4 Å². The van der Waals surface area contributed by atoms with E-state index < -0.39 is 0 Å². The summed E-state index contributed by atoms with van der Waals surface area (Å²) < 4.78 is 1.98. The Kier molecular flexibility index (Phi) is 5.61. The van der Waals surface area contributed by atoms with Crippen LogP contribution in [0.3, 0.4) is 0 Å². The summed E-state index contributed by atoms with van der Waals surface area (Å²) in [4.78, 5) is 23.2. The molecule has 0 radical (unpaired) electrons. The second-order valence-corrected chi connectivity index (χ2v) is 7.11. The first kappa shape index (κ1) is 18.2. The lowest BCUT2D eigenvalue weighted by molar-refractivity contribution is 0.0681. The van der Waals surface area contributed by atoms with Crippen molar-refractivity contribution in [3.63, 3.8) is 0 Å². The summed E-state index contributed by atoms with van der Waals surface area (Å²) in [5, 5.41) is 7.52. The Morgan fingerprint density at radius 1 is 1.11 bits per heavy atom. The van der Waals surface area contributed by atoms with Crippen LogP contribution in [-0.4, -0.2) is 43.6 Å². The van der Waals surface area contributed by atoms with E-state index in [1.54, 1.807) is 18.6 Å². The first-order chi connectivity index (χ1) is 13.8. The molecule has 0 saturated carbocycles. The minimum atomic E-state index is 0.0591. The van der Waals surface area contributed by atoms with Crippen molar-refractivity contribution in [1.82, 2.24) is 24.6 Å². The van der Waals surface area contributed by atoms with E-state index in [1.165, 1.54) is 0 Å².